The number of carboxylic acid groups (broad SMARTS) is 1. The lowest BCUT2D eigenvalue weighted by Gasteiger charge is -2.34. The maximum Gasteiger partial charge on any atom is 0.416 e. The highest BCUT2D eigenvalue weighted by Gasteiger charge is 2.36. The molecule has 5 nitrogen and oxygen atoms in total. The maximum atomic E-state index is 12.8. The Morgan fingerprint density at radius 1 is 1.19 bits per heavy atom. The van der Waals surface area contributed by atoms with Gasteiger partial charge in [-0.05, 0) is 48.0 Å². The first-order valence-corrected chi connectivity index (χ1v) is 8.25. The summed E-state index contributed by atoms with van der Waals surface area (Å²) in [6.45, 7) is 0. The van der Waals surface area contributed by atoms with Crippen LogP contribution in [-0.2, 0) is 17.4 Å². The van der Waals surface area contributed by atoms with Crippen molar-refractivity contribution in [3.8, 4) is 0 Å². The van der Waals surface area contributed by atoms with Crippen LogP contribution >= 0.6 is 15.9 Å². The number of hydrogen-bond donors (Lipinski definition) is 2. The van der Waals surface area contributed by atoms with Crippen molar-refractivity contribution in [1.82, 2.24) is 5.32 Å². The average molecular weight is 429 g/mol. The maximum absolute atomic E-state index is 12.8. The monoisotopic (exact) mass is 428 g/mol. The standard InChI is InChI=1S/C17H12BrF3N2O3/c18-11-3-6-14-9(7-11)8-13(22-16(25)26)15(24)23(14)12-4-1-10(2-5-12)17(19,20)21/h1-7,13,22H,8H2,(H,25,26). The molecule has 0 saturated carbocycles. The van der Waals surface area contributed by atoms with Crippen molar-refractivity contribution in [1.29, 1.82) is 0 Å². The molecule has 1 aliphatic rings. The quantitative estimate of drug-likeness (QED) is 0.747. The molecule has 0 fully saturated rings. The highest BCUT2D eigenvalue weighted by molar-refractivity contribution is 9.10. The minimum absolute atomic E-state index is 0.150. The van der Waals surface area contributed by atoms with Crippen molar-refractivity contribution in [2.75, 3.05) is 4.90 Å². The summed E-state index contributed by atoms with van der Waals surface area (Å²) in [4.78, 5) is 25.0. The number of amides is 2. The number of fused-ring (bicyclic) bond motifs is 1. The molecule has 26 heavy (non-hydrogen) atoms. The number of hydrogen-bond acceptors (Lipinski definition) is 2. The molecule has 0 aromatic heterocycles. The number of carbonyl (C=O) groups excluding carboxylic acids is 1. The predicted molar refractivity (Wildman–Crippen MR) is 91.4 cm³/mol. The van der Waals surface area contributed by atoms with Crippen LogP contribution in [0.1, 0.15) is 11.1 Å². The first kappa shape index (κ1) is 18.2. The molecular formula is C17H12BrF3N2O3. The van der Waals surface area contributed by atoms with Gasteiger partial charge in [0.2, 0.25) is 0 Å². The van der Waals surface area contributed by atoms with Gasteiger partial charge < -0.3 is 10.4 Å². The van der Waals surface area contributed by atoms with Gasteiger partial charge in [0.05, 0.1) is 11.3 Å². The van der Waals surface area contributed by atoms with Crippen LogP contribution in [0.4, 0.5) is 29.3 Å². The molecular weight excluding hydrogens is 417 g/mol. The van der Waals surface area contributed by atoms with Crippen LogP contribution in [0, 0.1) is 0 Å². The lowest BCUT2D eigenvalue weighted by Crippen LogP contribution is -2.51. The summed E-state index contributed by atoms with van der Waals surface area (Å²) in [5.74, 6) is -0.554. The minimum Gasteiger partial charge on any atom is -0.465 e. The third kappa shape index (κ3) is 3.52. The summed E-state index contributed by atoms with van der Waals surface area (Å²) in [5, 5.41) is 11.1. The zero-order chi connectivity index (χ0) is 19.1. The molecule has 1 aliphatic heterocycles. The van der Waals surface area contributed by atoms with E-state index in [-0.39, 0.29) is 12.1 Å². The second kappa shape index (κ2) is 6.64. The number of nitrogens with zero attached hydrogens (tertiary/aromatic N) is 1. The lowest BCUT2D eigenvalue weighted by molar-refractivity contribution is -0.137. The van der Waals surface area contributed by atoms with Gasteiger partial charge in [-0.15, -0.1) is 0 Å². The van der Waals surface area contributed by atoms with E-state index in [0.717, 1.165) is 16.6 Å². The summed E-state index contributed by atoms with van der Waals surface area (Å²) >= 11 is 3.32. The van der Waals surface area contributed by atoms with Crippen LogP contribution in [0.3, 0.4) is 0 Å². The van der Waals surface area contributed by atoms with Crippen LogP contribution < -0.4 is 10.2 Å². The van der Waals surface area contributed by atoms with E-state index in [1.807, 2.05) is 0 Å². The van der Waals surface area contributed by atoms with Crippen LogP contribution in [-0.4, -0.2) is 23.1 Å². The van der Waals surface area contributed by atoms with Gasteiger partial charge in [0.25, 0.3) is 5.91 Å². The molecule has 2 aromatic rings. The Labute approximate surface area is 154 Å². The molecule has 2 amide bonds. The number of benzene rings is 2. The number of alkyl halides is 3. The summed E-state index contributed by atoms with van der Waals surface area (Å²) < 4.78 is 39.0. The van der Waals surface area contributed by atoms with E-state index in [2.05, 4.69) is 21.2 Å². The summed E-state index contributed by atoms with van der Waals surface area (Å²) in [5.41, 5.74) is 0.587. The average Bonchev–Trinajstić information content (AvgIpc) is 2.55. The summed E-state index contributed by atoms with van der Waals surface area (Å²) in [6, 6.07) is 8.22. The van der Waals surface area contributed by atoms with E-state index in [1.54, 1.807) is 18.2 Å². The topological polar surface area (TPSA) is 69.6 Å². The third-order valence-corrected chi connectivity index (χ3v) is 4.47. The predicted octanol–water partition coefficient (Wildman–Crippen LogP) is 4.32. The molecule has 0 radical (unpaired) electrons. The molecule has 0 spiro atoms. The summed E-state index contributed by atoms with van der Waals surface area (Å²) in [6.07, 6.45) is -5.69. The Morgan fingerprint density at radius 3 is 2.42 bits per heavy atom. The fraction of sp³-hybridized carbons (Fsp3) is 0.176. The zero-order valence-electron chi connectivity index (χ0n) is 13.0. The Kier molecular flexibility index (Phi) is 4.66. The largest absolute Gasteiger partial charge is 0.465 e. The number of rotatable bonds is 2. The number of halogens is 4. The van der Waals surface area contributed by atoms with Gasteiger partial charge >= 0.3 is 12.3 Å². The fourth-order valence-electron chi connectivity index (χ4n) is 2.85. The smallest absolute Gasteiger partial charge is 0.416 e. The molecule has 136 valence electrons. The van der Waals surface area contributed by atoms with E-state index in [0.29, 0.717) is 11.3 Å². The molecule has 0 bridgehead atoms. The molecule has 1 unspecified atom stereocenters. The van der Waals surface area contributed by atoms with Crippen molar-refractivity contribution in [3.05, 3.63) is 58.1 Å². The van der Waals surface area contributed by atoms with E-state index < -0.39 is 29.8 Å². The normalized spacial score (nSPS) is 17.0. The highest BCUT2D eigenvalue weighted by Crippen LogP contribution is 2.37. The molecule has 9 heteroatoms. The molecule has 1 heterocycles. The zero-order valence-corrected chi connectivity index (χ0v) is 14.6. The van der Waals surface area contributed by atoms with Crippen molar-refractivity contribution in [2.24, 2.45) is 0 Å². The van der Waals surface area contributed by atoms with Crippen molar-refractivity contribution in [3.63, 3.8) is 0 Å². The van der Waals surface area contributed by atoms with Crippen LogP contribution in [0.2, 0.25) is 0 Å². The molecule has 2 N–H and O–H groups in total. The van der Waals surface area contributed by atoms with E-state index in [9.17, 15) is 22.8 Å². The molecule has 1 atom stereocenters. The van der Waals surface area contributed by atoms with Crippen molar-refractivity contribution >= 4 is 39.3 Å². The van der Waals surface area contributed by atoms with Gasteiger partial charge in [-0.25, -0.2) is 4.79 Å². The Balaban J connectivity index is 2.06. The number of anilines is 2. The minimum atomic E-state index is -4.49. The highest BCUT2D eigenvalue weighted by atomic mass is 79.9. The van der Waals surface area contributed by atoms with E-state index in [4.69, 9.17) is 5.11 Å². The summed E-state index contributed by atoms with van der Waals surface area (Å²) in [7, 11) is 0. The van der Waals surface area contributed by atoms with Crippen molar-refractivity contribution < 1.29 is 27.9 Å². The lowest BCUT2D eigenvalue weighted by atomic mass is 9.96. The van der Waals surface area contributed by atoms with Gasteiger partial charge in [0.1, 0.15) is 6.04 Å². The van der Waals surface area contributed by atoms with Crippen LogP contribution in [0.5, 0.6) is 0 Å². The first-order chi connectivity index (χ1) is 12.2. The SMILES string of the molecule is O=C(O)NC1Cc2cc(Br)ccc2N(c2ccc(C(F)(F)F)cc2)C1=O. The Morgan fingerprint density at radius 2 is 1.85 bits per heavy atom. The second-order valence-electron chi connectivity index (χ2n) is 5.70. The Bertz CT molecular complexity index is 869. The van der Waals surface area contributed by atoms with Gasteiger partial charge in [0.15, 0.2) is 0 Å². The van der Waals surface area contributed by atoms with Gasteiger partial charge in [-0.1, -0.05) is 15.9 Å². The molecule has 2 aromatic carbocycles. The van der Waals surface area contributed by atoms with Crippen LogP contribution in [0.25, 0.3) is 0 Å². The molecule has 0 aliphatic carbocycles. The van der Waals surface area contributed by atoms with Gasteiger partial charge in [-0.2, -0.15) is 13.2 Å². The Hall–Kier alpha value is -2.55. The second-order valence-corrected chi connectivity index (χ2v) is 6.61. The first-order valence-electron chi connectivity index (χ1n) is 7.46. The number of nitrogens with one attached hydrogen (secondary N) is 1. The van der Waals surface area contributed by atoms with Crippen LogP contribution in [0.15, 0.2) is 46.9 Å². The van der Waals surface area contributed by atoms with Gasteiger partial charge in [-0.3, -0.25) is 9.69 Å². The molecule has 3 rings (SSSR count). The van der Waals surface area contributed by atoms with Gasteiger partial charge in [0, 0.05) is 16.6 Å². The fourth-order valence-corrected chi connectivity index (χ4v) is 3.25. The number of carbonyl (C=O) groups is 2. The van der Waals surface area contributed by atoms with Crippen molar-refractivity contribution in [2.45, 2.75) is 18.6 Å². The van der Waals surface area contributed by atoms with E-state index >= 15 is 0 Å². The molecule has 0 saturated heterocycles. The third-order valence-electron chi connectivity index (χ3n) is 3.98. The van der Waals surface area contributed by atoms with E-state index in [1.165, 1.54) is 17.0 Å².